The highest BCUT2D eigenvalue weighted by atomic mass is 16.6. The molecule has 4 rings (SSSR count). The van der Waals surface area contributed by atoms with Crippen molar-refractivity contribution in [3.63, 3.8) is 0 Å². The van der Waals surface area contributed by atoms with Crippen LogP contribution >= 0.6 is 0 Å². The van der Waals surface area contributed by atoms with E-state index in [0.29, 0.717) is 28.5 Å². The third-order valence-corrected chi connectivity index (χ3v) is 4.87. The highest BCUT2D eigenvalue weighted by Crippen LogP contribution is 2.30. The van der Waals surface area contributed by atoms with Gasteiger partial charge < -0.3 is 19.5 Å². The average Bonchev–Trinajstić information content (AvgIpc) is 2.84. The molecule has 8 nitrogen and oxygen atoms in total. The van der Waals surface area contributed by atoms with Gasteiger partial charge in [-0.1, -0.05) is 48.5 Å². The molecule has 32 heavy (non-hydrogen) atoms. The van der Waals surface area contributed by atoms with Gasteiger partial charge in [-0.2, -0.15) is 0 Å². The zero-order chi connectivity index (χ0) is 22.3. The SMILES string of the molecule is COc1cccc(NC(=O)[C@H](NNC(=O)[C@H]2COc3ccccc3O2)c2ccccc2)c1. The van der Waals surface area contributed by atoms with Gasteiger partial charge in [-0.15, -0.1) is 0 Å². The van der Waals surface area contributed by atoms with Crippen molar-refractivity contribution in [3.8, 4) is 17.2 Å². The fourth-order valence-electron chi connectivity index (χ4n) is 3.23. The number of fused-ring (bicyclic) bond motifs is 1. The average molecular weight is 433 g/mol. The van der Waals surface area contributed by atoms with Crippen molar-refractivity contribution in [2.24, 2.45) is 0 Å². The molecule has 2 amide bonds. The standard InChI is InChI=1S/C24H23N3O5/c1-30-18-11-7-10-17(14-18)25-24(29)22(16-8-3-2-4-9-16)26-27-23(28)21-15-31-19-12-5-6-13-20(19)32-21/h2-14,21-22,26H,15H2,1H3,(H,25,29)(H,27,28)/t21-,22-/m1/s1. The number of methoxy groups -OCH3 is 1. The van der Waals surface area contributed by atoms with Crippen molar-refractivity contribution in [1.29, 1.82) is 0 Å². The van der Waals surface area contributed by atoms with Gasteiger partial charge in [-0.3, -0.25) is 15.0 Å². The van der Waals surface area contributed by atoms with Crippen LogP contribution in [0.5, 0.6) is 17.2 Å². The summed E-state index contributed by atoms with van der Waals surface area (Å²) in [6.07, 6.45) is -0.852. The molecule has 1 heterocycles. The number of para-hydroxylation sites is 2. The molecule has 3 aromatic carbocycles. The lowest BCUT2D eigenvalue weighted by Gasteiger charge is -2.26. The van der Waals surface area contributed by atoms with E-state index in [1.165, 1.54) is 0 Å². The fraction of sp³-hybridized carbons (Fsp3) is 0.167. The number of hydrazine groups is 1. The van der Waals surface area contributed by atoms with E-state index in [-0.39, 0.29) is 12.5 Å². The zero-order valence-corrected chi connectivity index (χ0v) is 17.4. The van der Waals surface area contributed by atoms with E-state index in [1.807, 2.05) is 24.3 Å². The summed E-state index contributed by atoms with van der Waals surface area (Å²) in [6, 6.07) is 22.4. The molecule has 0 spiro atoms. The Kier molecular flexibility index (Phi) is 6.52. The maximum atomic E-state index is 13.0. The van der Waals surface area contributed by atoms with Crippen molar-refractivity contribution in [1.82, 2.24) is 10.9 Å². The summed E-state index contributed by atoms with van der Waals surface area (Å²) >= 11 is 0. The Balaban J connectivity index is 1.44. The van der Waals surface area contributed by atoms with E-state index >= 15 is 0 Å². The van der Waals surface area contributed by atoms with Crippen LogP contribution in [0, 0.1) is 0 Å². The van der Waals surface area contributed by atoms with Gasteiger partial charge in [-0.25, -0.2) is 5.43 Å². The van der Waals surface area contributed by atoms with Crippen molar-refractivity contribution in [2.45, 2.75) is 12.1 Å². The summed E-state index contributed by atoms with van der Waals surface area (Å²) in [7, 11) is 1.56. The third kappa shape index (κ3) is 4.98. The van der Waals surface area contributed by atoms with Crippen LogP contribution in [0.25, 0.3) is 0 Å². The molecular formula is C24H23N3O5. The first-order valence-electron chi connectivity index (χ1n) is 10.1. The van der Waals surface area contributed by atoms with Gasteiger partial charge in [0.05, 0.1) is 7.11 Å². The Hall–Kier alpha value is -4.04. The first-order valence-corrected chi connectivity index (χ1v) is 10.1. The van der Waals surface area contributed by atoms with Crippen LogP contribution in [0.15, 0.2) is 78.9 Å². The summed E-state index contributed by atoms with van der Waals surface area (Å²) < 4.78 is 16.5. The molecule has 0 saturated heterocycles. The fourth-order valence-corrected chi connectivity index (χ4v) is 3.23. The van der Waals surface area contributed by atoms with Gasteiger partial charge in [0.25, 0.3) is 5.91 Å². The topological polar surface area (TPSA) is 97.9 Å². The number of nitrogens with one attached hydrogen (secondary N) is 3. The minimum absolute atomic E-state index is 0.0660. The predicted octanol–water partition coefficient (Wildman–Crippen LogP) is 2.84. The molecule has 0 bridgehead atoms. The van der Waals surface area contributed by atoms with E-state index in [1.54, 1.807) is 61.7 Å². The molecule has 3 aromatic rings. The number of benzene rings is 3. The highest BCUT2D eigenvalue weighted by molar-refractivity contribution is 5.96. The minimum atomic E-state index is -0.852. The summed E-state index contributed by atoms with van der Waals surface area (Å²) in [6.45, 7) is 0.0660. The van der Waals surface area contributed by atoms with E-state index in [4.69, 9.17) is 14.2 Å². The van der Waals surface area contributed by atoms with Gasteiger partial charge in [0, 0.05) is 11.8 Å². The molecule has 0 saturated carbocycles. The molecule has 8 heteroatoms. The molecule has 164 valence electrons. The predicted molar refractivity (Wildman–Crippen MR) is 118 cm³/mol. The molecule has 0 aliphatic carbocycles. The van der Waals surface area contributed by atoms with Crippen molar-refractivity contribution >= 4 is 17.5 Å². The highest BCUT2D eigenvalue weighted by Gasteiger charge is 2.29. The van der Waals surface area contributed by atoms with Crippen molar-refractivity contribution < 1.29 is 23.8 Å². The molecule has 0 fully saturated rings. The molecule has 3 N–H and O–H groups in total. The van der Waals surface area contributed by atoms with Crippen molar-refractivity contribution in [2.75, 3.05) is 19.0 Å². The van der Waals surface area contributed by atoms with Gasteiger partial charge >= 0.3 is 0 Å². The number of carbonyl (C=O) groups excluding carboxylic acids is 2. The first-order chi connectivity index (χ1) is 15.6. The molecule has 2 atom stereocenters. The van der Waals surface area contributed by atoms with Gasteiger partial charge in [-0.05, 0) is 29.8 Å². The lowest BCUT2D eigenvalue weighted by molar-refractivity contribution is -0.132. The van der Waals surface area contributed by atoms with E-state index in [2.05, 4.69) is 16.2 Å². The van der Waals surface area contributed by atoms with E-state index in [9.17, 15) is 9.59 Å². The van der Waals surface area contributed by atoms with E-state index < -0.39 is 18.1 Å². The molecule has 0 unspecified atom stereocenters. The van der Waals surface area contributed by atoms with Gasteiger partial charge in [0.1, 0.15) is 18.4 Å². The number of amides is 2. The molecule has 1 aliphatic rings. The lowest BCUT2D eigenvalue weighted by atomic mass is 10.1. The number of hydrogen-bond donors (Lipinski definition) is 3. The minimum Gasteiger partial charge on any atom is -0.497 e. The van der Waals surface area contributed by atoms with Crippen LogP contribution < -0.4 is 30.4 Å². The molecule has 1 aliphatic heterocycles. The van der Waals surface area contributed by atoms with Gasteiger partial charge in [0.2, 0.25) is 12.0 Å². The number of hydrogen-bond acceptors (Lipinski definition) is 6. The Bertz CT molecular complexity index is 1090. The first kappa shape index (κ1) is 21.2. The maximum Gasteiger partial charge on any atom is 0.278 e. The van der Waals surface area contributed by atoms with Gasteiger partial charge in [0.15, 0.2) is 11.5 Å². The molecular weight excluding hydrogens is 410 g/mol. The molecule has 0 radical (unpaired) electrons. The Morgan fingerprint density at radius 3 is 2.50 bits per heavy atom. The van der Waals surface area contributed by atoms with Crippen LogP contribution in [0.1, 0.15) is 11.6 Å². The van der Waals surface area contributed by atoms with Crippen LogP contribution in [-0.2, 0) is 9.59 Å². The normalized spacial score (nSPS) is 15.3. The number of carbonyl (C=O) groups is 2. The van der Waals surface area contributed by atoms with Crippen molar-refractivity contribution in [3.05, 3.63) is 84.4 Å². The number of rotatable bonds is 7. The van der Waals surface area contributed by atoms with E-state index in [0.717, 1.165) is 0 Å². The second-order valence-corrected chi connectivity index (χ2v) is 7.06. The Morgan fingerprint density at radius 2 is 1.72 bits per heavy atom. The molecule has 0 aromatic heterocycles. The summed E-state index contributed by atoms with van der Waals surface area (Å²) in [4.78, 5) is 25.7. The summed E-state index contributed by atoms with van der Waals surface area (Å²) in [5.41, 5.74) is 6.67. The second kappa shape index (κ2) is 9.84. The monoisotopic (exact) mass is 433 g/mol. The number of ether oxygens (including phenoxy) is 3. The number of anilines is 1. The van der Waals surface area contributed by atoms with Crippen LogP contribution in [0.2, 0.25) is 0 Å². The maximum absolute atomic E-state index is 13.0. The quantitative estimate of drug-likeness (QED) is 0.496. The lowest BCUT2D eigenvalue weighted by Crippen LogP contribution is -2.51. The summed E-state index contributed by atoms with van der Waals surface area (Å²) in [5, 5.41) is 2.84. The Labute approximate surface area is 185 Å². The largest absolute Gasteiger partial charge is 0.497 e. The smallest absolute Gasteiger partial charge is 0.278 e. The van der Waals surface area contributed by atoms with Crippen LogP contribution in [-0.4, -0.2) is 31.6 Å². The third-order valence-electron chi connectivity index (χ3n) is 4.87. The Morgan fingerprint density at radius 1 is 0.969 bits per heavy atom. The van der Waals surface area contributed by atoms with Crippen LogP contribution in [0.3, 0.4) is 0 Å². The van der Waals surface area contributed by atoms with Crippen LogP contribution in [0.4, 0.5) is 5.69 Å². The zero-order valence-electron chi connectivity index (χ0n) is 17.4. The second-order valence-electron chi connectivity index (χ2n) is 7.06. The summed E-state index contributed by atoms with van der Waals surface area (Å²) in [5.74, 6) is 0.902.